The first-order valence-corrected chi connectivity index (χ1v) is 12.7. The highest BCUT2D eigenvalue weighted by molar-refractivity contribution is 8.67. The Morgan fingerprint density at radius 3 is 1.57 bits per heavy atom. The summed E-state index contributed by atoms with van der Waals surface area (Å²) < 4.78 is 67.7. The van der Waals surface area contributed by atoms with Crippen molar-refractivity contribution in [2.24, 2.45) is 5.16 Å². The van der Waals surface area contributed by atoms with E-state index in [1.54, 1.807) is 44.2 Å². The first-order chi connectivity index (χ1) is 13.9. The van der Waals surface area contributed by atoms with Gasteiger partial charge < -0.3 is 0 Å². The molecule has 162 valence electrons. The molecule has 0 amide bonds. The summed E-state index contributed by atoms with van der Waals surface area (Å²) in [5.74, 6) is 0. The van der Waals surface area contributed by atoms with Crippen LogP contribution in [0.1, 0.15) is 18.1 Å². The minimum atomic E-state index is -4.45. The zero-order valence-electron chi connectivity index (χ0n) is 16.6. The quantitative estimate of drug-likeness (QED) is 0.355. The van der Waals surface area contributed by atoms with Crippen LogP contribution in [0, 0.1) is 25.2 Å². The molecule has 2 aromatic carbocycles. The van der Waals surface area contributed by atoms with Crippen molar-refractivity contribution in [1.29, 1.82) is 5.26 Å². The highest BCUT2D eigenvalue weighted by Gasteiger charge is 2.33. The topological polar surface area (TPSA) is 140 Å². The molecule has 12 heteroatoms. The number of benzene rings is 2. The summed E-state index contributed by atoms with van der Waals surface area (Å²) in [5.41, 5.74) is 1.80. The summed E-state index contributed by atoms with van der Waals surface area (Å²) in [6, 6.07) is 13.2. The smallest absolute Gasteiger partial charge is 0.265 e. The molecular formula is C18H20N2O7S3. The maximum atomic E-state index is 12.3. The lowest BCUT2D eigenvalue weighted by atomic mass is 10.2. The molecule has 0 aromatic heterocycles. The molecule has 0 spiro atoms. The minimum absolute atomic E-state index is 0.0883. The second-order valence-corrected chi connectivity index (χ2v) is 12.1. The SMILES string of the molecule is COS(=O)O/N=C(\C)C#N.Cc1ccc(S(=O)(=O)S(=O)(=O)c2ccc(C)cc2)cc1. The first kappa shape index (κ1) is 25.4. The maximum absolute atomic E-state index is 12.3. The highest BCUT2D eigenvalue weighted by Crippen LogP contribution is 2.24. The summed E-state index contributed by atoms with van der Waals surface area (Å²) in [5, 5.41) is 11.3. The average Bonchev–Trinajstić information content (AvgIpc) is 2.72. The van der Waals surface area contributed by atoms with E-state index < -0.39 is 29.1 Å². The van der Waals surface area contributed by atoms with Crippen LogP contribution in [-0.4, -0.2) is 33.9 Å². The van der Waals surface area contributed by atoms with E-state index in [4.69, 9.17) is 5.26 Å². The van der Waals surface area contributed by atoms with Gasteiger partial charge in [-0.25, -0.2) is 16.8 Å². The van der Waals surface area contributed by atoms with E-state index in [9.17, 15) is 21.0 Å². The van der Waals surface area contributed by atoms with Crippen molar-refractivity contribution >= 4 is 34.8 Å². The monoisotopic (exact) mass is 472 g/mol. The molecule has 1 unspecified atom stereocenters. The van der Waals surface area contributed by atoms with Crippen LogP contribution >= 0.6 is 0 Å². The second kappa shape index (κ2) is 11.0. The van der Waals surface area contributed by atoms with Gasteiger partial charge in [0.05, 0.1) is 16.9 Å². The molecule has 9 nitrogen and oxygen atoms in total. The summed E-state index contributed by atoms with van der Waals surface area (Å²) >= 11 is -1.89. The third kappa shape index (κ3) is 6.74. The van der Waals surface area contributed by atoms with Gasteiger partial charge in [-0.2, -0.15) is 9.47 Å². The second-order valence-electron chi connectivity index (χ2n) is 5.77. The van der Waals surface area contributed by atoms with Gasteiger partial charge in [0.15, 0.2) is 5.71 Å². The van der Waals surface area contributed by atoms with Crippen LogP contribution in [0.2, 0.25) is 0 Å². The third-order valence-corrected chi connectivity index (χ3v) is 9.07. The Bertz CT molecular complexity index is 1090. The maximum Gasteiger partial charge on any atom is 0.381 e. The van der Waals surface area contributed by atoms with Crippen molar-refractivity contribution in [1.82, 2.24) is 0 Å². The van der Waals surface area contributed by atoms with E-state index in [2.05, 4.69) is 13.6 Å². The van der Waals surface area contributed by atoms with Gasteiger partial charge in [-0.15, -0.1) is 0 Å². The molecule has 0 bridgehead atoms. The molecule has 0 aliphatic rings. The Kier molecular flexibility index (Phi) is 9.31. The Morgan fingerprint density at radius 1 is 0.900 bits per heavy atom. The molecule has 0 aliphatic carbocycles. The molecule has 0 saturated carbocycles. The zero-order valence-corrected chi connectivity index (χ0v) is 19.0. The van der Waals surface area contributed by atoms with Crippen LogP contribution in [0.4, 0.5) is 0 Å². The average molecular weight is 473 g/mol. The molecule has 0 aliphatic heterocycles. The minimum Gasteiger partial charge on any atom is -0.265 e. The standard InChI is InChI=1S/C14H14O4S2.C4H6N2O3S/c1-11-3-7-13(8-4-11)19(15,16)20(17,18)14-9-5-12(2)6-10-14;1-4(3-5)6-9-10(7)8-2/h3-10H,1-2H3;1-2H3/b;6-4+. The van der Waals surface area contributed by atoms with E-state index in [1.165, 1.54) is 38.3 Å². The van der Waals surface area contributed by atoms with Crippen LogP contribution in [-0.2, 0) is 37.6 Å². The van der Waals surface area contributed by atoms with Crippen LogP contribution in [0.25, 0.3) is 0 Å². The van der Waals surface area contributed by atoms with Gasteiger partial charge in [0.25, 0.3) is 17.7 Å². The number of hydrogen-bond acceptors (Lipinski definition) is 9. The zero-order chi connectivity index (χ0) is 22.9. The van der Waals surface area contributed by atoms with Gasteiger partial charge in [-0.1, -0.05) is 40.5 Å². The van der Waals surface area contributed by atoms with Crippen LogP contribution < -0.4 is 0 Å². The van der Waals surface area contributed by atoms with Crippen LogP contribution in [0.5, 0.6) is 0 Å². The molecule has 0 heterocycles. The predicted octanol–water partition coefficient (Wildman–Crippen LogP) is 2.59. The van der Waals surface area contributed by atoms with Gasteiger partial charge in [-0.05, 0) is 45.0 Å². The van der Waals surface area contributed by atoms with Crippen molar-refractivity contribution in [2.45, 2.75) is 30.6 Å². The third-order valence-electron chi connectivity index (χ3n) is 3.44. The van der Waals surface area contributed by atoms with Crippen LogP contribution in [0.15, 0.2) is 63.5 Å². The molecule has 1 atom stereocenters. The van der Waals surface area contributed by atoms with Gasteiger partial charge in [-0.3, -0.25) is 8.47 Å². The van der Waals surface area contributed by atoms with Gasteiger partial charge in [0.2, 0.25) is 0 Å². The normalized spacial score (nSPS) is 12.8. The molecule has 2 aromatic rings. The number of rotatable bonds is 6. The lowest BCUT2D eigenvalue weighted by Crippen LogP contribution is -2.16. The first-order valence-electron chi connectivity index (χ1n) is 8.17. The van der Waals surface area contributed by atoms with Gasteiger partial charge >= 0.3 is 11.4 Å². The summed E-state index contributed by atoms with van der Waals surface area (Å²) in [6.45, 7) is 5.02. The number of aryl methyl sites for hydroxylation is 2. The summed E-state index contributed by atoms with van der Waals surface area (Å²) in [7, 11) is -7.70. The van der Waals surface area contributed by atoms with Crippen LogP contribution in [0.3, 0.4) is 0 Å². The lowest BCUT2D eigenvalue weighted by molar-refractivity contribution is 0.296. The lowest BCUT2D eigenvalue weighted by Gasteiger charge is -2.07. The van der Waals surface area contributed by atoms with Crippen molar-refractivity contribution in [2.75, 3.05) is 7.11 Å². The molecule has 0 N–H and O–H groups in total. The Labute approximate surface area is 178 Å². The fourth-order valence-electron chi connectivity index (χ4n) is 1.80. The number of hydrogen-bond donors (Lipinski definition) is 0. The van der Waals surface area contributed by atoms with E-state index in [0.29, 0.717) is 0 Å². The fraction of sp³-hybridized carbons (Fsp3) is 0.222. The molecule has 2 rings (SSSR count). The highest BCUT2D eigenvalue weighted by atomic mass is 33.2. The molecule has 0 saturated heterocycles. The molecular weight excluding hydrogens is 452 g/mol. The Morgan fingerprint density at radius 2 is 1.27 bits per heavy atom. The number of nitrogens with zero attached hydrogens (tertiary/aromatic N) is 2. The molecule has 30 heavy (non-hydrogen) atoms. The van der Waals surface area contributed by atoms with Crippen molar-refractivity contribution in [3.8, 4) is 6.07 Å². The van der Waals surface area contributed by atoms with Crippen molar-refractivity contribution in [3.63, 3.8) is 0 Å². The van der Waals surface area contributed by atoms with Crippen molar-refractivity contribution < 1.29 is 29.5 Å². The summed E-state index contributed by atoms with van der Waals surface area (Å²) in [6.07, 6.45) is 0. The Hall–Kier alpha value is -2.59. The predicted molar refractivity (Wildman–Crippen MR) is 112 cm³/mol. The van der Waals surface area contributed by atoms with E-state index in [0.717, 1.165) is 11.1 Å². The largest absolute Gasteiger partial charge is 0.381 e. The van der Waals surface area contributed by atoms with E-state index in [1.807, 2.05) is 0 Å². The summed E-state index contributed by atoms with van der Waals surface area (Å²) in [4.78, 5) is -0.438. The molecule has 0 fully saturated rings. The van der Waals surface area contributed by atoms with Crippen molar-refractivity contribution in [3.05, 3.63) is 59.7 Å². The van der Waals surface area contributed by atoms with Gasteiger partial charge in [0.1, 0.15) is 6.07 Å². The van der Waals surface area contributed by atoms with E-state index >= 15 is 0 Å². The van der Waals surface area contributed by atoms with E-state index in [-0.39, 0.29) is 15.5 Å². The molecule has 0 radical (unpaired) electrons. The fourth-order valence-corrected chi connectivity index (χ4v) is 5.67. The number of oxime groups is 1. The number of nitriles is 1. The Balaban J connectivity index is 0.000000382. The van der Waals surface area contributed by atoms with Gasteiger partial charge in [0, 0.05) is 0 Å².